The number of amides is 1. The second-order valence-electron chi connectivity index (χ2n) is 6.00. The highest BCUT2D eigenvalue weighted by molar-refractivity contribution is 5.92. The van der Waals surface area contributed by atoms with Crippen LogP contribution in [0.5, 0.6) is 0 Å². The predicted octanol–water partition coefficient (Wildman–Crippen LogP) is 3.34. The van der Waals surface area contributed by atoms with Gasteiger partial charge in [0.2, 0.25) is 5.91 Å². The molecule has 1 unspecified atom stereocenters. The average Bonchev–Trinajstić information content (AvgIpc) is 2.42. The summed E-state index contributed by atoms with van der Waals surface area (Å²) in [4.78, 5) is 12.1. The molecule has 3 nitrogen and oxygen atoms in total. The lowest BCUT2D eigenvalue weighted by Gasteiger charge is -2.21. The van der Waals surface area contributed by atoms with Crippen molar-refractivity contribution in [2.45, 2.75) is 46.5 Å². The van der Waals surface area contributed by atoms with Crippen LogP contribution in [0.2, 0.25) is 0 Å². The van der Waals surface area contributed by atoms with E-state index in [0.29, 0.717) is 12.3 Å². The van der Waals surface area contributed by atoms with E-state index in [1.54, 1.807) is 0 Å². The number of aryl methyl sites for hydroxylation is 3. The minimum absolute atomic E-state index is 0.130. The van der Waals surface area contributed by atoms with Crippen molar-refractivity contribution in [3.63, 3.8) is 0 Å². The third-order valence-corrected chi connectivity index (χ3v) is 4.04. The Morgan fingerprint density at radius 2 is 2.00 bits per heavy atom. The van der Waals surface area contributed by atoms with Gasteiger partial charge in [0.1, 0.15) is 0 Å². The van der Waals surface area contributed by atoms with Crippen molar-refractivity contribution in [3.8, 4) is 0 Å². The molecule has 1 aliphatic heterocycles. The number of nitrogens with zero attached hydrogens (tertiary/aromatic N) is 1. The van der Waals surface area contributed by atoms with Gasteiger partial charge in [0.25, 0.3) is 0 Å². The Hall–Kier alpha value is -1.35. The zero-order valence-corrected chi connectivity index (χ0v) is 12.8. The Morgan fingerprint density at radius 1 is 1.30 bits per heavy atom. The number of nitrogens with one attached hydrogen (secondary N) is 1. The van der Waals surface area contributed by atoms with E-state index in [0.717, 1.165) is 36.3 Å². The smallest absolute Gasteiger partial charge is 0.224 e. The molecule has 0 saturated carbocycles. The molecule has 1 aliphatic rings. The summed E-state index contributed by atoms with van der Waals surface area (Å²) >= 11 is 0. The summed E-state index contributed by atoms with van der Waals surface area (Å²) in [6, 6.07) is 4.23. The van der Waals surface area contributed by atoms with Crippen molar-refractivity contribution in [1.29, 1.82) is 0 Å². The SMILES string of the molecule is Cc1cc(C)c(NC(=O)CCC2CCC[N]C2)c(C)c1. The molecular formula is C17H25N2O. The predicted molar refractivity (Wildman–Crippen MR) is 83.1 cm³/mol. The van der Waals surface area contributed by atoms with Gasteiger partial charge in [0, 0.05) is 25.2 Å². The van der Waals surface area contributed by atoms with Crippen LogP contribution < -0.4 is 10.6 Å². The van der Waals surface area contributed by atoms with Crippen molar-refractivity contribution in [3.05, 3.63) is 28.8 Å². The zero-order chi connectivity index (χ0) is 14.5. The van der Waals surface area contributed by atoms with E-state index < -0.39 is 0 Å². The normalized spacial score (nSPS) is 18.9. The fraction of sp³-hybridized carbons (Fsp3) is 0.588. The van der Waals surface area contributed by atoms with Gasteiger partial charge in [-0.1, -0.05) is 17.7 Å². The van der Waals surface area contributed by atoms with Gasteiger partial charge in [-0.05, 0) is 57.1 Å². The van der Waals surface area contributed by atoms with E-state index in [1.165, 1.54) is 18.4 Å². The summed E-state index contributed by atoms with van der Waals surface area (Å²) < 4.78 is 0. The van der Waals surface area contributed by atoms with Gasteiger partial charge < -0.3 is 5.32 Å². The second-order valence-corrected chi connectivity index (χ2v) is 6.00. The summed E-state index contributed by atoms with van der Waals surface area (Å²) in [5, 5.41) is 7.50. The van der Waals surface area contributed by atoms with Gasteiger partial charge in [0.15, 0.2) is 0 Å². The van der Waals surface area contributed by atoms with Crippen LogP contribution in [0.25, 0.3) is 0 Å². The van der Waals surface area contributed by atoms with E-state index in [1.807, 2.05) is 0 Å². The maximum atomic E-state index is 12.1. The molecule has 0 aromatic heterocycles. The molecular weight excluding hydrogens is 248 g/mol. The van der Waals surface area contributed by atoms with Crippen molar-refractivity contribution in [1.82, 2.24) is 5.32 Å². The van der Waals surface area contributed by atoms with Gasteiger partial charge in [0.05, 0.1) is 0 Å². The van der Waals surface area contributed by atoms with Crippen LogP contribution >= 0.6 is 0 Å². The number of rotatable bonds is 4. The number of anilines is 1. The van der Waals surface area contributed by atoms with Gasteiger partial charge in [-0.15, -0.1) is 0 Å². The fourth-order valence-corrected chi connectivity index (χ4v) is 3.01. The zero-order valence-electron chi connectivity index (χ0n) is 12.8. The summed E-state index contributed by atoms with van der Waals surface area (Å²) in [6.07, 6.45) is 3.97. The number of carbonyl (C=O) groups is 1. The first-order valence-corrected chi connectivity index (χ1v) is 7.57. The number of carbonyl (C=O) groups excluding carboxylic acids is 1. The summed E-state index contributed by atoms with van der Waals surface area (Å²) in [6.45, 7) is 8.13. The lowest BCUT2D eigenvalue weighted by Crippen LogP contribution is -2.25. The highest BCUT2D eigenvalue weighted by Crippen LogP contribution is 2.23. The summed E-state index contributed by atoms with van der Waals surface area (Å²) in [5.41, 5.74) is 4.50. The van der Waals surface area contributed by atoms with Crippen molar-refractivity contribution in [2.75, 3.05) is 18.4 Å². The van der Waals surface area contributed by atoms with E-state index in [4.69, 9.17) is 0 Å². The molecule has 0 bridgehead atoms. The molecule has 3 heteroatoms. The molecule has 1 atom stereocenters. The summed E-state index contributed by atoms with van der Waals surface area (Å²) in [5.74, 6) is 0.736. The molecule has 1 aromatic rings. The molecule has 1 fully saturated rings. The topological polar surface area (TPSA) is 43.2 Å². The Labute approximate surface area is 122 Å². The van der Waals surface area contributed by atoms with Gasteiger partial charge in [-0.3, -0.25) is 4.79 Å². The maximum absolute atomic E-state index is 12.1. The van der Waals surface area contributed by atoms with Crippen LogP contribution in [0.3, 0.4) is 0 Å². The largest absolute Gasteiger partial charge is 0.326 e. The molecule has 1 saturated heterocycles. The first-order chi connectivity index (χ1) is 9.56. The second kappa shape index (κ2) is 6.89. The number of hydrogen-bond acceptors (Lipinski definition) is 1. The fourth-order valence-electron chi connectivity index (χ4n) is 3.01. The van der Waals surface area contributed by atoms with E-state index in [9.17, 15) is 4.79 Å². The van der Waals surface area contributed by atoms with Gasteiger partial charge in [-0.25, -0.2) is 5.32 Å². The van der Waals surface area contributed by atoms with E-state index in [-0.39, 0.29) is 5.91 Å². The Bertz CT molecular complexity index is 453. The maximum Gasteiger partial charge on any atom is 0.224 e. The molecule has 1 N–H and O–H groups in total. The number of benzene rings is 1. The molecule has 1 heterocycles. The first-order valence-electron chi connectivity index (χ1n) is 7.57. The molecule has 2 rings (SSSR count). The lowest BCUT2D eigenvalue weighted by molar-refractivity contribution is -0.116. The van der Waals surface area contributed by atoms with Crippen molar-refractivity contribution < 1.29 is 4.79 Å². The van der Waals surface area contributed by atoms with Gasteiger partial charge >= 0.3 is 0 Å². The quantitative estimate of drug-likeness (QED) is 0.898. The molecule has 0 aliphatic carbocycles. The summed E-state index contributed by atoms with van der Waals surface area (Å²) in [7, 11) is 0. The minimum Gasteiger partial charge on any atom is -0.326 e. The first kappa shape index (κ1) is 15.0. The lowest BCUT2D eigenvalue weighted by atomic mass is 9.94. The van der Waals surface area contributed by atoms with Crippen LogP contribution in [-0.2, 0) is 4.79 Å². The van der Waals surface area contributed by atoms with Gasteiger partial charge in [-0.2, -0.15) is 0 Å². The molecule has 0 spiro atoms. The van der Waals surface area contributed by atoms with Crippen molar-refractivity contribution >= 4 is 11.6 Å². The molecule has 1 aromatic carbocycles. The Balaban J connectivity index is 1.88. The highest BCUT2D eigenvalue weighted by Gasteiger charge is 2.16. The monoisotopic (exact) mass is 273 g/mol. The minimum atomic E-state index is 0.130. The van der Waals surface area contributed by atoms with Crippen LogP contribution in [0, 0.1) is 26.7 Å². The van der Waals surface area contributed by atoms with E-state index in [2.05, 4.69) is 43.5 Å². The Morgan fingerprint density at radius 3 is 2.60 bits per heavy atom. The Kier molecular flexibility index (Phi) is 5.18. The molecule has 109 valence electrons. The highest BCUT2D eigenvalue weighted by atomic mass is 16.1. The molecule has 1 amide bonds. The van der Waals surface area contributed by atoms with Crippen LogP contribution in [-0.4, -0.2) is 19.0 Å². The van der Waals surface area contributed by atoms with Crippen LogP contribution in [0.4, 0.5) is 5.69 Å². The third-order valence-electron chi connectivity index (χ3n) is 4.04. The van der Waals surface area contributed by atoms with E-state index >= 15 is 0 Å². The molecule has 20 heavy (non-hydrogen) atoms. The molecule has 1 radical (unpaired) electrons. The third kappa shape index (κ3) is 4.07. The van der Waals surface area contributed by atoms with Crippen LogP contribution in [0.1, 0.15) is 42.4 Å². The number of hydrogen-bond donors (Lipinski definition) is 1. The average molecular weight is 273 g/mol. The standard InChI is InChI=1S/C17H25N2O/c1-12-9-13(2)17(14(3)10-12)19-16(20)7-6-15-5-4-8-18-11-15/h9-10,15H,4-8,11H2,1-3H3,(H,19,20). The number of piperidine rings is 1. The van der Waals surface area contributed by atoms with Crippen LogP contribution in [0.15, 0.2) is 12.1 Å². The van der Waals surface area contributed by atoms with Crippen molar-refractivity contribution in [2.24, 2.45) is 5.92 Å².